The maximum Gasteiger partial charge on any atom is 0.0474 e. The zero-order valence-corrected chi connectivity index (χ0v) is 12.1. The number of nitrogens with zero attached hydrogens (tertiary/aromatic N) is 1. The zero-order chi connectivity index (χ0) is 12.7. The van der Waals surface area contributed by atoms with Crippen molar-refractivity contribution in [2.45, 2.75) is 64.7 Å². The van der Waals surface area contributed by atoms with Gasteiger partial charge in [0.1, 0.15) is 0 Å². The Kier molecular flexibility index (Phi) is 5.97. The molecule has 1 heterocycles. The molecule has 17 heavy (non-hydrogen) atoms. The average Bonchev–Trinajstić information content (AvgIpc) is 2.34. The lowest BCUT2D eigenvalue weighted by Crippen LogP contribution is -2.22. The van der Waals surface area contributed by atoms with Gasteiger partial charge in [0.05, 0.1) is 0 Å². The van der Waals surface area contributed by atoms with Gasteiger partial charge in [-0.15, -0.1) is 0 Å². The smallest absolute Gasteiger partial charge is 0.0474 e. The van der Waals surface area contributed by atoms with Crippen LogP contribution in [0.3, 0.4) is 0 Å². The first-order chi connectivity index (χ1) is 8.14. The number of rotatable bonds is 7. The maximum atomic E-state index is 6.33. The summed E-state index contributed by atoms with van der Waals surface area (Å²) in [7, 11) is 0. The van der Waals surface area contributed by atoms with Gasteiger partial charge in [-0.2, -0.15) is 0 Å². The SMILES string of the molecule is CCCCC(C)(CCCC)c1cnccc1Cl. The summed E-state index contributed by atoms with van der Waals surface area (Å²) in [6, 6.07) is 1.91. The van der Waals surface area contributed by atoms with Crippen LogP contribution in [-0.2, 0) is 5.41 Å². The van der Waals surface area contributed by atoms with Gasteiger partial charge >= 0.3 is 0 Å². The molecule has 0 aromatic carbocycles. The quantitative estimate of drug-likeness (QED) is 0.636. The van der Waals surface area contributed by atoms with Gasteiger partial charge in [0.25, 0.3) is 0 Å². The van der Waals surface area contributed by atoms with E-state index in [9.17, 15) is 0 Å². The maximum absolute atomic E-state index is 6.33. The predicted octanol–water partition coefficient (Wildman–Crippen LogP) is 5.37. The van der Waals surface area contributed by atoms with Crippen LogP contribution in [0, 0.1) is 0 Å². The summed E-state index contributed by atoms with van der Waals surface area (Å²) in [5, 5.41) is 0.870. The summed E-state index contributed by atoms with van der Waals surface area (Å²) < 4.78 is 0. The molecule has 0 radical (unpaired) electrons. The van der Waals surface area contributed by atoms with Crippen molar-refractivity contribution in [2.75, 3.05) is 0 Å². The Bertz CT molecular complexity index is 327. The number of hydrogen-bond acceptors (Lipinski definition) is 1. The summed E-state index contributed by atoms with van der Waals surface area (Å²) in [6.45, 7) is 6.82. The van der Waals surface area contributed by atoms with Gasteiger partial charge < -0.3 is 0 Å². The zero-order valence-electron chi connectivity index (χ0n) is 11.3. The highest BCUT2D eigenvalue weighted by atomic mass is 35.5. The van der Waals surface area contributed by atoms with Gasteiger partial charge in [0, 0.05) is 17.4 Å². The third kappa shape index (κ3) is 3.99. The molecule has 2 heteroatoms. The Balaban J connectivity index is 2.92. The molecule has 1 rings (SSSR count). The first-order valence-corrected chi connectivity index (χ1v) is 7.12. The normalized spacial score (nSPS) is 11.8. The molecule has 0 saturated heterocycles. The molecule has 0 amide bonds. The van der Waals surface area contributed by atoms with E-state index in [1.54, 1.807) is 6.20 Å². The molecule has 1 nitrogen and oxygen atoms in total. The summed E-state index contributed by atoms with van der Waals surface area (Å²) in [5.41, 5.74) is 1.42. The summed E-state index contributed by atoms with van der Waals surface area (Å²) in [4.78, 5) is 4.24. The van der Waals surface area contributed by atoms with Gasteiger partial charge in [-0.3, -0.25) is 4.98 Å². The Morgan fingerprint density at radius 3 is 2.24 bits per heavy atom. The van der Waals surface area contributed by atoms with Crippen LogP contribution in [0.5, 0.6) is 0 Å². The van der Waals surface area contributed by atoms with Gasteiger partial charge in [-0.1, -0.05) is 58.1 Å². The Hall–Kier alpha value is -0.560. The average molecular weight is 254 g/mol. The molecule has 0 unspecified atom stereocenters. The van der Waals surface area contributed by atoms with E-state index in [0.717, 1.165) is 5.02 Å². The van der Waals surface area contributed by atoms with Crippen molar-refractivity contribution in [3.8, 4) is 0 Å². The molecule has 96 valence electrons. The van der Waals surface area contributed by atoms with Crippen LogP contribution in [0.15, 0.2) is 18.5 Å². The topological polar surface area (TPSA) is 12.9 Å². The van der Waals surface area contributed by atoms with Crippen LogP contribution in [0.1, 0.15) is 64.9 Å². The number of pyridine rings is 1. The first-order valence-electron chi connectivity index (χ1n) is 6.74. The van der Waals surface area contributed by atoms with E-state index in [-0.39, 0.29) is 5.41 Å². The number of aromatic nitrogens is 1. The van der Waals surface area contributed by atoms with Crippen molar-refractivity contribution < 1.29 is 0 Å². The Morgan fingerprint density at radius 2 is 1.76 bits per heavy atom. The molecule has 0 aliphatic rings. The molecule has 0 spiro atoms. The molecular formula is C15H24ClN. The monoisotopic (exact) mass is 253 g/mol. The number of hydrogen-bond donors (Lipinski definition) is 0. The molecule has 1 aromatic rings. The van der Waals surface area contributed by atoms with Crippen LogP contribution in [-0.4, -0.2) is 4.98 Å². The van der Waals surface area contributed by atoms with Crippen molar-refractivity contribution in [1.29, 1.82) is 0 Å². The molecule has 0 atom stereocenters. The second kappa shape index (κ2) is 7.00. The molecule has 1 aromatic heterocycles. The minimum atomic E-state index is 0.192. The third-order valence-electron chi connectivity index (χ3n) is 3.58. The van der Waals surface area contributed by atoms with Crippen molar-refractivity contribution in [3.05, 3.63) is 29.0 Å². The summed E-state index contributed by atoms with van der Waals surface area (Å²) in [6.07, 6.45) is 11.1. The highest BCUT2D eigenvalue weighted by Crippen LogP contribution is 2.38. The van der Waals surface area contributed by atoms with Crippen LogP contribution in [0.4, 0.5) is 0 Å². The van der Waals surface area contributed by atoms with Crippen molar-refractivity contribution in [2.24, 2.45) is 0 Å². The molecule has 0 aliphatic carbocycles. The predicted molar refractivity (Wildman–Crippen MR) is 75.6 cm³/mol. The van der Waals surface area contributed by atoms with Crippen molar-refractivity contribution in [3.63, 3.8) is 0 Å². The van der Waals surface area contributed by atoms with E-state index in [1.165, 1.54) is 44.1 Å². The van der Waals surface area contributed by atoms with E-state index in [0.29, 0.717) is 0 Å². The molecule has 0 fully saturated rings. The Morgan fingerprint density at radius 1 is 1.18 bits per heavy atom. The van der Waals surface area contributed by atoms with E-state index < -0.39 is 0 Å². The fourth-order valence-electron chi connectivity index (χ4n) is 2.35. The fraction of sp³-hybridized carbons (Fsp3) is 0.667. The van der Waals surface area contributed by atoms with E-state index in [1.807, 2.05) is 12.3 Å². The fourth-order valence-corrected chi connectivity index (χ4v) is 2.68. The van der Waals surface area contributed by atoms with Gasteiger partial charge in [0.15, 0.2) is 0 Å². The van der Waals surface area contributed by atoms with Gasteiger partial charge in [0.2, 0.25) is 0 Å². The summed E-state index contributed by atoms with van der Waals surface area (Å²) >= 11 is 6.33. The van der Waals surface area contributed by atoms with Crippen LogP contribution >= 0.6 is 11.6 Å². The molecule has 0 bridgehead atoms. The molecule has 0 aliphatic heterocycles. The van der Waals surface area contributed by atoms with E-state index in [4.69, 9.17) is 11.6 Å². The van der Waals surface area contributed by atoms with Crippen LogP contribution in [0.2, 0.25) is 5.02 Å². The molecule has 0 N–H and O–H groups in total. The largest absolute Gasteiger partial charge is 0.264 e. The number of halogens is 1. The first kappa shape index (κ1) is 14.5. The number of unbranched alkanes of at least 4 members (excludes halogenated alkanes) is 2. The molecule has 0 saturated carbocycles. The van der Waals surface area contributed by atoms with Crippen LogP contribution < -0.4 is 0 Å². The highest BCUT2D eigenvalue weighted by molar-refractivity contribution is 6.31. The third-order valence-corrected chi connectivity index (χ3v) is 3.91. The lowest BCUT2D eigenvalue weighted by molar-refractivity contribution is 0.373. The van der Waals surface area contributed by atoms with E-state index in [2.05, 4.69) is 25.8 Å². The molecular weight excluding hydrogens is 230 g/mol. The minimum absolute atomic E-state index is 0.192. The van der Waals surface area contributed by atoms with E-state index >= 15 is 0 Å². The van der Waals surface area contributed by atoms with Crippen molar-refractivity contribution in [1.82, 2.24) is 4.98 Å². The summed E-state index contributed by atoms with van der Waals surface area (Å²) in [5.74, 6) is 0. The second-order valence-corrected chi connectivity index (χ2v) is 5.53. The second-order valence-electron chi connectivity index (χ2n) is 5.12. The Labute approximate surface area is 111 Å². The minimum Gasteiger partial charge on any atom is -0.264 e. The standard InChI is InChI=1S/C15H24ClN/c1-4-6-9-15(3,10-7-5-2)13-12-17-11-8-14(13)16/h8,11-12H,4-7,9-10H2,1-3H3. The van der Waals surface area contributed by atoms with Gasteiger partial charge in [-0.25, -0.2) is 0 Å². The van der Waals surface area contributed by atoms with Crippen LogP contribution in [0.25, 0.3) is 0 Å². The lowest BCUT2D eigenvalue weighted by atomic mass is 9.75. The van der Waals surface area contributed by atoms with Gasteiger partial charge in [-0.05, 0) is 29.9 Å². The highest BCUT2D eigenvalue weighted by Gasteiger charge is 2.27. The lowest BCUT2D eigenvalue weighted by Gasteiger charge is -2.31. The van der Waals surface area contributed by atoms with Crippen molar-refractivity contribution >= 4 is 11.6 Å².